The molecule has 4 unspecified atom stereocenters. The fourth-order valence-corrected chi connectivity index (χ4v) is 3.91. The highest BCUT2D eigenvalue weighted by Crippen LogP contribution is 2.26. The van der Waals surface area contributed by atoms with E-state index in [-0.39, 0.29) is 30.1 Å². The Bertz CT molecular complexity index is 438. The molecule has 2 N–H and O–H groups in total. The van der Waals surface area contributed by atoms with Crippen molar-refractivity contribution in [2.45, 2.75) is 89.3 Å². The topological polar surface area (TPSA) is 93.1 Å². The molecule has 0 aromatic heterocycles. The largest absolute Gasteiger partial charge is 0.465 e. The van der Waals surface area contributed by atoms with Crippen molar-refractivity contribution >= 4 is 11.9 Å². The molecule has 0 spiro atoms. The van der Waals surface area contributed by atoms with Crippen LogP contribution in [0.1, 0.15) is 77.0 Å². The van der Waals surface area contributed by atoms with Crippen LogP contribution in [0.25, 0.3) is 0 Å². The molecule has 150 valence electrons. The Hall–Kier alpha value is -1.14. The molecule has 0 aromatic carbocycles. The Morgan fingerprint density at radius 2 is 1.58 bits per heavy atom. The van der Waals surface area contributed by atoms with Crippen LogP contribution in [0.5, 0.6) is 0 Å². The van der Waals surface area contributed by atoms with Crippen molar-refractivity contribution in [1.29, 1.82) is 0 Å². The monoisotopic (exact) mass is 370 g/mol. The van der Waals surface area contributed by atoms with Gasteiger partial charge in [-0.05, 0) is 63.7 Å². The van der Waals surface area contributed by atoms with E-state index in [1.165, 1.54) is 0 Å². The summed E-state index contributed by atoms with van der Waals surface area (Å²) in [6.07, 6.45) is 8.65. The van der Waals surface area contributed by atoms with Gasteiger partial charge in [0.15, 0.2) is 0 Å². The maximum absolute atomic E-state index is 11.9. The highest BCUT2D eigenvalue weighted by molar-refractivity contribution is 5.72. The molecule has 0 saturated heterocycles. The summed E-state index contributed by atoms with van der Waals surface area (Å²) in [5, 5.41) is 19.2. The van der Waals surface area contributed by atoms with Crippen molar-refractivity contribution in [3.63, 3.8) is 0 Å². The Kier molecular flexibility index (Phi) is 9.40. The molecule has 26 heavy (non-hydrogen) atoms. The van der Waals surface area contributed by atoms with Gasteiger partial charge in [-0.1, -0.05) is 12.8 Å². The Balaban J connectivity index is 1.44. The van der Waals surface area contributed by atoms with Crippen LogP contribution in [0, 0.1) is 11.8 Å². The second-order valence-corrected chi connectivity index (χ2v) is 7.86. The first-order valence-electron chi connectivity index (χ1n) is 10.2. The van der Waals surface area contributed by atoms with Crippen LogP contribution in [-0.4, -0.2) is 47.6 Å². The van der Waals surface area contributed by atoms with E-state index in [1.54, 1.807) is 0 Å². The van der Waals surface area contributed by atoms with Crippen LogP contribution in [-0.2, 0) is 19.1 Å². The summed E-state index contributed by atoms with van der Waals surface area (Å²) < 4.78 is 10.6. The number of rotatable bonds is 9. The SMILES string of the molecule is O=C(CCCCCOC(=O)C1CCCC(O)C1)OCC1CCCC(O)C1. The number of aliphatic hydroxyl groups excluding tert-OH is 2. The molecule has 2 aliphatic carbocycles. The van der Waals surface area contributed by atoms with Gasteiger partial charge < -0.3 is 19.7 Å². The first-order valence-corrected chi connectivity index (χ1v) is 10.2. The van der Waals surface area contributed by atoms with Crippen LogP contribution < -0.4 is 0 Å². The van der Waals surface area contributed by atoms with Crippen LogP contribution in [0.2, 0.25) is 0 Å². The van der Waals surface area contributed by atoms with Crippen molar-refractivity contribution in [1.82, 2.24) is 0 Å². The minimum absolute atomic E-state index is 0.160. The third-order valence-corrected chi connectivity index (χ3v) is 5.48. The molecular weight excluding hydrogens is 336 g/mol. The van der Waals surface area contributed by atoms with Gasteiger partial charge in [-0.25, -0.2) is 0 Å². The minimum Gasteiger partial charge on any atom is -0.465 e. The van der Waals surface area contributed by atoms with E-state index in [2.05, 4.69) is 0 Å². The summed E-state index contributed by atoms with van der Waals surface area (Å²) in [6.45, 7) is 0.793. The van der Waals surface area contributed by atoms with Gasteiger partial charge in [-0.15, -0.1) is 0 Å². The summed E-state index contributed by atoms with van der Waals surface area (Å²) in [5.41, 5.74) is 0. The van der Waals surface area contributed by atoms with Crippen LogP contribution in [0.15, 0.2) is 0 Å². The van der Waals surface area contributed by atoms with E-state index in [9.17, 15) is 19.8 Å². The molecule has 4 atom stereocenters. The molecule has 0 amide bonds. The molecular formula is C20H34O6. The summed E-state index contributed by atoms with van der Waals surface area (Å²) in [5.74, 6) is -0.247. The molecule has 0 radical (unpaired) electrons. The first kappa shape index (κ1) is 21.2. The zero-order chi connectivity index (χ0) is 18.8. The molecule has 6 nitrogen and oxygen atoms in total. The Morgan fingerprint density at radius 3 is 2.31 bits per heavy atom. The molecule has 0 aliphatic heterocycles. The molecule has 6 heteroatoms. The van der Waals surface area contributed by atoms with Crippen molar-refractivity contribution < 1.29 is 29.3 Å². The first-order chi connectivity index (χ1) is 12.5. The summed E-state index contributed by atoms with van der Waals surface area (Å²) in [4.78, 5) is 23.7. The van der Waals surface area contributed by atoms with Gasteiger partial charge in [0.1, 0.15) is 0 Å². The standard InChI is InChI=1S/C20H34O6/c21-17-8-4-6-15(12-17)14-26-19(23)10-2-1-3-11-25-20(24)16-7-5-9-18(22)13-16/h15-18,21-22H,1-14H2. The smallest absolute Gasteiger partial charge is 0.309 e. The molecule has 0 aromatic rings. The molecule has 2 rings (SSSR count). The lowest BCUT2D eigenvalue weighted by molar-refractivity contribution is -0.151. The van der Waals surface area contributed by atoms with Gasteiger partial charge in [-0.3, -0.25) is 9.59 Å². The average Bonchev–Trinajstić information content (AvgIpc) is 2.62. The predicted molar refractivity (Wildman–Crippen MR) is 96.3 cm³/mol. The second kappa shape index (κ2) is 11.5. The number of carbonyl (C=O) groups is 2. The maximum Gasteiger partial charge on any atom is 0.309 e. The van der Waals surface area contributed by atoms with Crippen molar-refractivity contribution in [3.05, 3.63) is 0 Å². The molecule has 0 heterocycles. The zero-order valence-corrected chi connectivity index (χ0v) is 15.7. The zero-order valence-electron chi connectivity index (χ0n) is 15.7. The quantitative estimate of drug-likeness (QED) is 0.479. The molecule has 0 bridgehead atoms. The van der Waals surface area contributed by atoms with Crippen LogP contribution in [0.4, 0.5) is 0 Å². The number of ether oxygens (including phenoxy) is 2. The predicted octanol–water partition coefficient (Wildman–Crippen LogP) is 2.74. The number of hydrogen-bond donors (Lipinski definition) is 2. The highest BCUT2D eigenvalue weighted by atomic mass is 16.5. The summed E-state index contributed by atoms with van der Waals surface area (Å²) in [7, 11) is 0. The van der Waals surface area contributed by atoms with Gasteiger partial charge in [0.25, 0.3) is 0 Å². The van der Waals surface area contributed by atoms with Crippen LogP contribution >= 0.6 is 0 Å². The number of esters is 2. The second-order valence-electron chi connectivity index (χ2n) is 7.86. The fourth-order valence-electron chi connectivity index (χ4n) is 3.91. The summed E-state index contributed by atoms with van der Waals surface area (Å²) in [6, 6.07) is 0. The normalized spacial score (nSPS) is 29.2. The third-order valence-electron chi connectivity index (χ3n) is 5.48. The van der Waals surface area contributed by atoms with E-state index >= 15 is 0 Å². The van der Waals surface area contributed by atoms with E-state index in [1.807, 2.05) is 0 Å². The van der Waals surface area contributed by atoms with Crippen LogP contribution in [0.3, 0.4) is 0 Å². The Labute approximate surface area is 156 Å². The number of carbonyl (C=O) groups excluding carboxylic acids is 2. The lowest BCUT2D eigenvalue weighted by Gasteiger charge is -2.25. The number of unbranched alkanes of at least 4 members (excludes halogenated alkanes) is 2. The molecule has 2 saturated carbocycles. The van der Waals surface area contributed by atoms with Gasteiger partial charge in [-0.2, -0.15) is 0 Å². The third kappa shape index (κ3) is 8.04. The lowest BCUT2D eigenvalue weighted by atomic mass is 9.87. The van der Waals surface area contributed by atoms with Gasteiger partial charge in [0.05, 0.1) is 31.3 Å². The Morgan fingerprint density at radius 1 is 0.846 bits per heavy atom. The van der Waals surface area contributed by atoms with E-state index in [4.69, 9.17) is 9.47 Å². The van der Waals surface area contributed by atoms with Crippen molar-refractivity contribution in [3.8, 4) is 0 Å². The minimum atomic E-state index is -0.371. The van der Waals surface area contributed by atoms with Gasteiger partial charge >= 0.3 is 11.9 Å². The average molecular weight is 370 g/mol. The molecule has 2 aliphatic rings. The highest BCUT2D eigenvalue weighted by Gasteiger charge is 2.27. The van der Waals surface area contributed by atoms with Crippen molar-refractivity contribution in [2.24, 2.45) is 11.8 Å². The summed E-state index contributed by atoms with van der Waals surface area (Å²) >= 11 is 0. The van der Waals surface area contributed by atoms with Gasteiger partial charge in [0, 0.05) is 6.42 Å². The van der Waals surface area contributed by atoms with E-state index in [0.29, 0.717) is 32.0 Å². The van der Waals surface area contributed by atoms with Gasteiger partial charge in [0.2, 0.25) is 0 Å². The maximum atomic E-state index is 11.9. The lowest BCUT2D eigenvalue weighted by Crippen LogP contribution is -2.27. The fraction of sp³-hybridized carbons (Fsp3) is 0.900. The van der Waals surface area contributed by atoms with E-state index in [0.717, 1.165) is 64.2 Å². The van der Waals surface area contributed by atoms with Crippen molar-refractivity contribution in [2.75, 3.05) is 13.2 Å². The number of hydrogen-bond acceptors (Lipinski definition) is 6. The van der Waals surface area contributed by atoms with E-state index < -0.39 is 0 Å². The number of aliphatic hydroxyl groups is 2. The molecule has 2 fully saturated rings.